The van der Waals surface area contributed by atoms with Crippen molar-refractivity contribution in [2.45, 2.75) is 13.3 Å². The summed E-state index contributed by atoms with van der Waals surface area (Å²) in [6, 6.07) is 5.98. The zero-order valence-electron chi connectivity index (χ0n) is 9.46. The fraction of sp³-hybridized carbons (Fsp3) is 0.455. The quantitative estimate of drug-likeness (QED) is 0.851. The highest BCUT2D eigenvalue weighted by Crippen LogP contribution is 2.19. The molecule has 0 aliphatic heterocycles. The molecular weight excluding hydrogens is 290 g/mol. The van der Waals surface area contributed by atoms with Crippen molar-refractivity contribution in [1.82, 2.24) is 0 Å². The highest BCUT2D eigenvalue weighted by atomic mass is 79.9. The summed E-state index contributed by atoms with van der Waals surface area (Å²) in [5, 5.41) is 3.20. The first kappa shape index (κ1) is 13.5. The van der Waals surface area contributed by atoms with Crippen molar-refractivity contribution < 1.29 is 8.42 Å². The van der Waals surface area contributed by atoms with Crippen LogP contribution < -0.4 is 5.32 Å². The van der Waals surface area contributed by atoms with Gasteiger partial charge in [-0.1, -0.05) is 15.9 Å². The van der Waals surface area contributed by atoms with Gasteiger partial charge in [-0.05, 0) is 37.1 Å². The van der Waals surface area contributed by atoms with Gasteiger partial charge in [0.15, 0.2) is 0 Å². The number of aryl methyl sites for hydroxylation is 1. The Morgan fingerprint density at radius 1 is 1.38 bits per heavy atom. The Balaban J connectivity index is 2.41. The minimum atomic E-state index is -2.84. The summed E-state index contributed by atoms with van der Waals surface area (Å²) in [5.41, 5.74) is 2.18. The molecule has 3 nitrogen and oxygen atoms in total. The van der Waals surface area contributed by atoms with E-state index < -0.39 is 9.84 Å². The Morgan fingerprint density at radius 3 is 2.62 bits per heavy atom. The predicted octanol–water partition coefficient (Wildman–Crippen LogP) is 2.60. The number of hydrogen-bond acceptors (Lipinski definition) is 3. The van der Waals surface area contributed by atoms with Gasteiger partial charge in [0.1, 0.15) is 9.84 Å². The van der Waals surface area contributed by atoms with E-state index >= 15 is 0 Å². The molecule has 1 rings (SSSR count). The van der Waals surface area contributed by atoms with Gasteiger partial charge in [-0.2, -0.15) is 0 Å². The smallest absolute Gasteiger partial charge is 0.147 e. The van der Waals surface area contributed by atoms with E-state index in [2.05, 4.69) is 21.2 Å². The molecular formula is C11H16BrNO2S. The number of rotatable bonds is 5. The summed E-state index contributed by atoms with van der Waals surface area (Å²) in [5.74, 6) is 0.232. The molecule has 0 atom stereocenters. The van der Waals surface area contributed by atoms with Crippen LogP contribution in [0.15, 0.2) is 22.7 Å². The Bertz CT molecular complexity index is 457. The molecule has 0 unspecified atom stereocenters. The van der Waals surface area contributed by atoms with Gasteiger partial charge >= 0.3 is 0 Å². The van der Waals surface area contributed by atoms with Crippen LogP contribution >= 0.6 is 15.9 Å². The molecule has 16 heavy (non-hydrogen) atoms. The average molecular weight is 306 g/mol. The largest absolute Gasteiger partial charge is 0.385 e. The van der Waals surface area contributed by atoms with E-state index in [0.29, 0.717) is 13.0 Å². The van der Waals surface area contributed by atoms with Crippen LogP contribution in [0.1, 0.15) is 12.0 Å². The van der Waals surface area contributed by atoms with Crippen molar-refractivity contribution in [2.75, 3.05) is 23.9 Å². The minimum Gasteiger partial charge on any atom is -0.385 e. The highest BCUT2D eigenvalue weighted by Gasteiger charge is 2.01. The SMILES string of the molecule is Cc1cc(NCCCS(C)(=O)=O)ccc1Br. The zero-order valence-corrected chi connectivity index (χ0v) is 11.9. The van der Waals surface area contributed by atoms with Crippen LogP contribution in [0.3, 0.4) is 0 Å². The molecule has 0 spiro atoms. The Labute approximate surface area is 105 Å². The van der Waals surface area contributed by atoms with Crippen molar-refractivity contribution in [3.8, 4) is 0 Å². The van der Waals surface area contributed by atoms with E-state index in [9.17, 15) is 8.42 Å². The maximum Gasteiger partial charge on any atom is 0.147 e. The number of benzene rings is 1. The van der Waals surface area contributed by atoms with Crippen LogP contribution in [0.4, 0.5) is 5.69 Å². The second-order valence-corrected chi connectivity index (χ2v) is 6.99. The van der Waals surface area contributed by atoms with Crippen molar-refractivity contribution in [2.24, 2.45) is 0 Å². The Morgan fingerprint density at radius 2 is 2.06 bits per heavy atom. The van der Waals surface area contributed by atoms with Gasteiger partial charge in [0, 0.05) is 23.0 Å². The monoisotopic (exact) mass is 305 g/mol. The van der Waals surface area contributed by atoms with E-state index in [1.54, 1.807) is 0 Å². The van der Waals surface area contributed by atoms with Crippen LogP contribution in [0.25, 0.3) is 0 Å². The maximum absolute atomic E-state index is 10.9. The van der Waals surface area contributed by atoms with Crippen LogP contribution in [0, 0.1) is 6.92 Å². The molecule has 0 saturated heterocycles. The topological polar surface area (TPSA) is 46.2 Å². The summed E-state index contributed by atoms with van der Waals surface area (Å²) in [7, 11) is -2.84. The van der Waals surface area contributed by atoms with Gasteiger partial charge in [0.05, 0.1) is 5.75 Å². The van der Waals surface area contributed by atoms with Gasteiger partial charge in [-0.15, -0.1) is 0 Å². The molecule has 0 bridgehead atoms. The van der Waals surface area contributed by atoms with E-state index in [0.717, 1.165) is 15.7 Å². The Kier molecular flexibility index (Phi) is 4.80. The molecule has 0 radical (unpaired) electrons. The third-order valence-electron chi connectivity index (χ3n) is 2.18. The highest BCUT2D eigenvalue weighted by molar-refractivity contribution is 9.10. The zero-order chi connectivity index (χ0) is 12.2. The number of sulfone groups is 1. The van der Waals surface area contributed by atoms with E-state index in [1.807, 2.05) is 25.1 Å². The first-order valence-electron chi connectivity index (χ1n) is 5.06. The van der Waals surface area contributed by atoms with Gasteiger partial charge < -0.3 is 5.32 Å². The van der Waals surface area contributed by atoms with Crippen molar-refractivity contribution >= 4 is 31.5 Å². The van der Waals surface area contributed by atoms with Gasteiger partial charge in [0.2, 0.25) is 0 Å². The standard InChI is InChI=1S/C11H16BrNO2S/c1-9-8-10(4-5-11(9)12)13-6-3-7-16(2,14)15/h4-5,8,13H,3,6-7H2,1-2H3. The van der Waals surface area contributed by atoms with Crippen molar-refractivity contribution in [3.05, 3.63) is 28.2 Å². The van der Waals surface area contributed by atoms with Crippen LogP contribution in [0.2, 0.25) is 0 Å². The van der Waals surface area contributed by atoms with Crippen LogP contribution in [0.5, 0.6) is 0 Å². The normalized spacial score (nSPS) is 11.4. The first-order chi connectivity index (χ1) is 7.38. The summed E-state index contributed by atoms with van der Waals surface area (Å²) < 4.78 is 22.9. The van der Waals surface area contributed by atoms with Crippen molar-refractivity contribution in [1.29, 1.82) is 0 Å². The summed E-state index contributed by atoms with van der Waals surface area (Å²) >= 11 is 3.43. The molecule has 1 aromatic carbocycles. The maximum atomic E-state index is 10.9. The minimum absolute atomic E-state index is 0.232. The lowest BCUT2D eigenvalue weighted by Crippen LogP contribution is -2.09. The van der Waals surface area contributed by atoms with Gasteiger partial charge in [-0.3, -0.25) is 0 Å². The first-order valence-corrected chi connectivity index (χ1v) is 7.91. The number of hydrogen-bond donors (Lipinski definition) is 1. The number of halogens is 1. The fourth-order valence-electron chi connectivity index (χ4n) is 1.32. The lowest BCUT2D eigenvalue weighted by atomic mass is 10.2. The van der Waals surface area contributed by atoms with Gasteiger partial charge in [0.25, 0.3) is 0 Å². The second kappa shape index (κ2) is 5.68. The molecule has 0 aliphatic rings. The third kappa shape index (κ3) is 4.99. The van der Waals surface area contributed by atoms with E-state index in [-0.39, 0.29) is 5.75 Å². The molecule has 0 aliphatic carbocycles. The molecule has 0 aromatic heterocycles. The van der Waals surface area contributed by atoms with Gasteiger partial charge in [-0.25, -0.2) is 8.42 Å². The lowest BCUT2D eigenvalue weighted by molar-refractivity contribution is 0.600. The summed E-state index contributed by atoms with van der Waals surface area (Å²) in [4.78, 5) is 0. The molecule has 0 saturated carbocycles. The van der Waals surface area contributed by atoms with Crippen LogP contribution in [-0.4, -0.2) is 27.0 Å². The summed E-state index contributed by atoms with van der Waals surface area (Å²) in [6.07, 6.45) is 1.89. The summed E-state index contributed by atoms with van der Waals surface area (Å²) in [6.45, 7) is 2.69. The molecule has 0 fully saturated rings. The van der Waals surface area contributed by atoms with Crippen LogP contribution in [-0.2, 0) is 9.84 Å². The third-order valence-corrected chi connectivity index (χ3v) is 4.10. The lowest BCUT2D eigenvalue weighted by Gasteiger charge is -2.07. The molecule has 1 N–H and O–H groups in total. The number of nitrogens with one attached hydrogen (secondary N) is 1. The van der Waals surface area contributed by atoms with E-state index in [1.165, 1.54) is 6.26 Å². The molecule has 90 valence electrons. The Hall–Kier alpha value is -0.550. The second-order valence-electron chi connectivity index (χ2n) is 3.87. The average Bonchev–Trinajstić information content (AvgIpc) is 2.17. The number of anilines is 1. The van der Waals surface area contributed by atoms with Crippen molar-refractivity contribution in [3.63, 3.8) is 0 Å². The molecule has 0 amide bonds. The fourth-order valence-corrected chi connectivity index (χ4v) is 2.24. The molecule has 1 aromatic rings. The molecule has 5 heteroatoms. The van der Waals surface area contributed by atoms with E-state index in [4.69, 9.17) is 0 Å². The predicted molar refractivity (Wildman–Crippen MR) is 71.7 cm³/mol. The molecule has 0 heterocycles.